The summed E-state index contributed by atoms with van der Waals surface area (Å²) >= 11 is 8.40. The lowest BCUT2D eigenvalue weighted by Crippen LogP contribution is -2.43. The van der Waals surface area contributed by atoms with Gasteiger partial charge in [0.1, 0.15) is 0 Å². The molecule has 0 heterocycles. The van der Waals surface area contributed by atoms with E-state index in [1.54, 1.807) is 24.3 Å². The number of hydrazine groups is 1. The van der Waals surface area contributed by atoms with E-state index in [9.17, 15) is 4.79 Å². The number of halogens is 1. The molecule has 0 aromatic heterocycles. The molecule has 2 aromatic rings. The molecule has 0 saturated heterocycles. The second-order valence-electron chi connectivity index (χ2n) is 3.91. The van der Waals surface area contributed by atoms with E-state index in [-0.39, 0.29) is 5.91 Å². The van der Waals surface area contributed by atoms with Crippen LogP contribution in [0.5, 0.6) is 0 Å². The van der Waals surface area contributed by atoms with E-state index in [1.807, 2.05) is 30.3 Å². The predicted octanol–water partition coefficient (Wildman–Crippen LogP) is 3.08. The van der Waals surface area contributed by atoms with Gasteiger partial charge in [-0.15, -0.1) is 0 Å². The van der Waals surface area contributed by atoms with Crippen LogP contribution in [-0.4, -0.2) is 11.0 Å². The molecule has 0 saturated carbocycles. The summed E-state index contributed by atoms with van der Waals surface area (Å²) in [7, 11) is 0. The zero-order chi connectivity index (χ0) is 14.4. The van der Waals surface area contributed by atoms with Crippen molar-refractivity contribution in [3.05, 3.63) is 64.6 Å². The van der Waals surface area contributed by atoms with Crippen molar-refractivity contribution in [2.24, 2.45) is 0 Å². The first kappa shape index (κ1) is 14.5. The molecule has 0 radical (unpaired) electrons. The van der Waals surface area contributed by atoms with Crippen LogP contribution in [0.15, 0.2) is 59.1 Å². The molecule has 0 bridgehead atoms. The number of para-hydroxylation sites is 1. The lowest BCUT2D eigenvalue weighted by atomic mass is 10.2. The Morgan fingerprint density at radius 2 is 1.60 bits per heavy atom. The van der Waals surface area contributed by atoms with E-state index >= 15 is 0 Å². The normalized spacial score (nSPS) is 9.65. The van der Waals surface area contributed by atoms with Gasteiger partial charge in [-0.05, 0) is 48.6 Å². The molecule has 0 unspecified atom stereocenters. The first-order valence-corrected chi connectivity index (χ1v) is 7.03. The number of amides is 1. The van der Waals surface area contributed by atoms with Crippen molar-refractivity contribution in [1.82, 2.24) is 10.9 Å². The third kappa shape index (κ3) is 4.32. The third-order valence-corrected chi connectivity index (χ3v) is 3.16. The van der Waals surface area contributed by atoms with Gasteiger partial charge in [-0.25, -0.2) is 0 Å². The number of benzene rings is 2. The Bertz CT molecular complexity index is 602. The summed E-state index contributed by atoms with van der Waals surface area (Å²) < 4.78 is 0.920. The number of anilines is 1. The summed E-state index contributed by atoms with van der Waals surface area (Å²) in [6, 6.07) is 16.5. The Balaban J connectivity index is 1.84. The smallest absolute Gasteiger partial charge is 0.269 e. The van der Waals surface area contributed by atoms with Crippen LogP contribution >= 0.6 is 28.1 Å². The van der Waals surface area contributed by atoms with Crippen LogP contribution in [0.4, 0.5) is 5.69 Å². The van der Waals surface area contributed by atoms with Gasteiger partial charge in [0.05, 0.1) is 0 Å². The van der Waals surface area contributed by atoms with Crippen molar-refractivity contribution >= 4 is 44.9 Å². The summed E-state index contributed by atoms with van der Waals surface area (Å²) in [5.74, 6) is -0.255. The minimum absolute atomic E-state index is 0.255. The third-order valence-electron chi connectivity index (χ3n) is 2.43. The Hall–Kier alpha value is -1.92. The number of hydrogen-bond donors (Lipinski definition) is 3. The molecule has 2 aromatic carbocycles. The van der Waals surface area contributed by atoms with E-state index in [2.05, 4.69) is 32.1 Å². The highest BCUT2D eigenvalue weighted by atomic mass is 79.9. The number of nitrogens with one attached hydrogen (secondary N) is 3. The van der Waals surface area contributed by atoms with E-state index in [1.165, 1.54) is 0 Å². The molecule has 20 heavy (non-hydrogen) atoms. The van der Waals surface area contributed by atoms with Crippen molar-refractivity contribution in [1.29, 1.82) is 0 Å². The van der Waals surface area contributed by atoms with Gasteiger partial charge >= 0.3 is 0 Å². The van der Waals surface area contributed by atoms with Crippen molar-refractivity contribution in [3.63, 3.8) is 0 Å². The van der Waals surface area contributed by atoms with Crippen LogP contribution in [-0.2, 0) is 0 Å². The predicted molar refractivity (Wildman–Crippen MR) is 87.4 cm³/mol. The first-order valence-electron chi connectivity index (χ1n) is 5.83. The molecule has 102 valence electrons. The van der Waals surface area contributed by atoms with Gasteiger partial charge < -0.3 is 5.32 Å². The van der Waals surface area contributed by atoms with Crippen LogP contribution in [0.25, 0.3) is 0 Å². The Labute approximate surface area is 130 Å². The molecule has 1 amide bonds. The van der Waals surface area contributed by atoms with Crippen LogP contribution in [0.1, 0.15) is 10.4 Å². The average molecular weight is 350 g/mol. The fraction of sp³-hybridized carbons (Fsp3) is 0. The molecular weight excluding hydrogens is 338 g/mol. The van der Waals surface area contributed by atoms with Crippen molar-refractivity contribution in [2.75, 3.05) is 5.32 Å². The molecule has 0 aliphatic carbocycles. The Morgan fingerprint density at radius 3 is 2.25 bits per heavy atom. The maximum atomic E-state index is 11.8. The minimum atomic E-state index is -0.255. The summed E-state index contributed by atoms with van der Waals surface area (Å²) in [6.45, 7) is 0. The van der Waals surface area contributed by atoms with Crippen molar-refractivity contribution in [2.45, 2.75) is 0 Å². The minimum Gasteiger partial charge on any atom is -0.331 e. The van der Waals surface area contributed by atoms with Gasteiger partial charge in [0.15, 0.2) is 5.11 Å². The van der Waals surface area contributed by atoms with Gasteiger partial charge in [0.25, 0.3) is 5.91 Å². The lowest BCUT2D eigenvalue weighted by molar-refractivity contribution is 0.0944. The SMILES string of the molecule is O=C(NNC(=S)Nc1ccccc1)c1ccc(Br)cc1. The number of hydrogen-bond acceptors (Lipinski definition) is 2. The van der Waals surface area contributed by atoms with Gasteiger partial charge in [-0.1, -0.05) is 34.1 Å². The Kier molecular flexibility index (Phi) is 5.09. The van der Waals surface area contributed by atoms with Crippen molar-refractivity contribution < 1.29 is 4.79 Å². The second-order valence-corrected chi connectivity index (χ2v) is 5.23. The van der Waals surface area contributed by atoms with Gasteiger partial charge in [-0.2, -0.15) is 0 Å². The van der Waals surface area contributed by atoms with E-state index < -0.39 is 0 Å². The molecule has 0 spiro atoms. The number of carbonyl (C=O) groups excluding carboxylic acids is 1. The molecule has 0 aliphatic rings. The first-order chi connectivity index (χ1) is 9.65. The molecule has 0 atom stereocenters. The number of rotatable bonds is 2. The summed E-state index contributed by atoms with van der Waals surface area (Å²) in [4.78, 5) is 11.8. The van der Waals surface area contributed by atoms with Crippen LogP contribution in [0.3, 0.4) is 0 Å². The summed E-state index contributed by atoms with van der Waals surface area (Å²) in [5, 5.41) is 3.28. The van der Waals surface area contributed by atoms with Gasteiger partial charge in [-0.3, -0.25) is 15.6 Å². The van der Waals surface area contributed by atoms with Crippen LogP contribution in [0, 0.1) is 0 Å². The van der Waals surface area contributed by atoms with E-state index in [4.69, 9.17) is 12.2 Å². The fourth-order valence-corrected chi connectivity index (χ4v) is 1.90. The molecule has 6 heteroatoms. The zero-order valence-corrected chi connectivity index (χ0v) is 12.8. The standard InChI is InChI=1S/C14H12BrN3OS/c15-11-8-6-10(7-9-11)13(19)17-18-14(20)16-12-4-2-1-3-5-12/h1-9H,(H,17,19)(H2,16,18,20). The molecule has 4 nitrogen and oxygen atoms in total. The van der Waals surface area contributed by atoms with E-state index in [0.717, 1.165) is 10.2 Å². The van der Waals surface area contributed by atoms with Crippen LogP contribution < -0.4 is 16.2 Å². The highest BCUT2D eigenvalue weighted by Crippen LogP contribution is 2.10. The molecule has 2 rings (SSSR count). The topological polar surface area (TPSA) is 53.2 Å². The summed E-state index contributed by atoms with van der Waals surface area (Å²) in [6.07, 6.45) is 0. The highest BCUT2D eigenvalue weighted by Gasteiger charge is 2.05. The monoisotopic (exact) mass is 349 g/mol. The van der Waals surface area contributed by atoms with Crippen LogP contribution in [0.2, 0.25) is 0 Å². The lowest BCUT2D eigenvalue weighted by Gasteiger charge is -2.11. The van der Waals surface area contributed by atoms with Gasteiger partial charge in [0.2, 0.25) is 0 Å². The molecule has 0 aliphatic heterocycles. The number of thiocarbonyl (C=S) groups is 1. The quantitative estimate of drug-likeness (QED) is 0.576. The Morgan fingerprint density at radius 1 is 0.950 bits per heavy atom. The molecule has 3 N–H and O–H groups in total. The van der Waals surface area contributed by atoms with Crippen molar-refractivity contribution in [3.8, 4) is 0 Å². The average Bonchev–Trinajstić information content (AvgIpc) is 2.46. The molecule has 0 fully saturated rings. The largest absolute Gasteiger partial charge is 0.331 e. The van der Waals surface area contributed by atoms with E-state index in [0.29, 0.717) is 10.7 Å². The molecular formula is C14H12BrN3OS. The summed E-state index contributed by atoms with van der Waals surface area (Å²) in [5.41, 5.74) is 6.58. The van der Waals surface area contributed by atoms with Gasteiger partial charge in [0, 0.05) is 15.7 Å². The maximum absolute atomic E-state index is 11.8. The fourth-order valence-electron chi connectivity index (χ4n) is 1.47. The second kappa shape index (κ2) is 7.02. The highest BCUT2D eigenvalue weighted by molar-refractivity contribution is 9.10. The number of carbonyl (C=O) groups is 1. The zero-order valence-electron chi connectivity index (χ0n) is 10.4. The maximum Gasteiger partial charge on any atom is 0.269 e.